The van der Waals surface area contributed by atoms with Gasteiger partial charge in [0, 0.05) is 16.2 Å². The summed E-state index contributed by atoms with van der Waals surface area (Å²) in [6.45, 7) is 0. The molecule has 10 rings (SSSR count). The van der Waals surface area contributed by atoms with Crippen molar-refractivity contribution in [1.29, 1.82) is 0 Å². The van der Waals surface area contributed by atoms with Gasteiger partial charge in [-0.05, 0) is 89.6 Å². The summed E-state index contributed by atoms with van der Waals surface area (Å²) in [5.41, 5.74) is 5.31. The Morgan fingerprint density at radius 3 is 1.49 bits per heavy atom. The van der Waals surface area contributed by atoms with Crippen LogP contribution >= 0.6 is 0 Å². The highest BCUT2D eigenvalue weighted by Gasteiger charge is 2.18. The Morgan fingerprint density at radius 1 is 0.347 bits per heavy atom. The van der Waals surface area contributed by atoms with Crippen molar-refractivity contribution >= 4 is 54.3 Å². The van der Waals surface area contributed by atoms with E-state index < -0.39 is 18.1 Å². The minimum Gasteiger partial charge on any atom is -0.455 e. The van der Waals surface area contributed by atoms with Crippen molar-refractivity contribution in [2.45, 2.75) is 0 Å². The number of rotatable bonds is 4. The van der Waals surface area contributed by atoms with Crippen molar-refractivity contribution in [3.05, 3.63) is 182 Å². The summed E-state index contributed by atoms with van der Waals surface area (Å²) in [4.78, 5) is 0. The van der Waals surface area contributed by atoms with Gasteiger partial charge in [-0.1, -0.05) is 164 Å². The third kappa shape index (κ3) is 4.47. The number of benzene rings is 9. The van der Waals surface area contributed by atoms with E-state index in [2.05, 4.69) is 36.4 Å². The lowest BCUT2D eigenvalue weighted by Gasteiger charge is -2.18. The Bertz CT molecular complexity index is 3270. The average Bonchev–Trinajstić information content (AvgIpc) is 3.63. The van der Waals surface area contributed by atoms with Crippen LogP contribution < -0.4 is 0 Å². The van der Waals surface area contributed by atoms with Crippen LogP contribution in [-0.2, 0) is 0 Å². The number of fused-ring (bicyclic) bond motifs is 7. The Kier molecular flexibility index (Phi) is 4.53. The summed E-state index contributed by atoms with van der Waals surface area (Å²) < 4.78 is 84.7. The summed E-state index contributed by atoms with van der Waals surface area (Å²) in [5, 5.41) is 7.55. The lowest BCUT2D eigenvalue weighted by Crippen LogP contribution is -1.91. The maximum absolute atomic E-state index is 9.43. The van der Waals surface area contributed by atoms with E-state index >= 15 is 0 Å². The molecule has 1 nitrogen and oxygen atoms in total. The minimum atomic E-state index is -0.479. The van der Waals surface area contributed by atoms with Gasteiger partial charge in [0.15, 0.2) is 0 Å². The maximum Gasteiger partial charge on any atom is 0.143 e. The van der Waals surface area contributed by atoms with Crippen LogP contribution in [0.15, 0.2) is 186 Å². The van der Waals surface area contributed by atoms with Crippen LogP contribution in [0.2, 0.25) is 0 Å². The monoisotopic (exact) mass is 631 g/mol. The molecule has 9 aromatic carbocycles. The zero-order chi connectivity index (χ0) is 40.1. The molecule has 1 heteroatoms. The molecule has 0 N–H and O–H groups in total. The van der Waals surface area contributed by atoms with Gasteiger partial charge in [0.1, 0.15) is 11.2 Å². The second kappa shape index (κ2) is 11.1. The molecule has 0 bridgehead atoms. The lowest BCUT2D eigenvalue weighted by atomic mass is 9.85. The normalized spacial score (nSPS) is 14.2. The summed E-state index contributed by atoms with van der Waals surface area (Å²) in [7, 11) is 0. The fourth-order valence-electron chi connectivity index (χ4n) is 7.15. The van der Waals surface area contributed by atoms with Crippen molar-refractivity contribution < 1.29 is 16.8 Å². The van der Waals surface area contributed by atoms with E-state index in [1.807, 2.05) is 66.7 Å². The number of hydrogen-bond donors (Lipinski definition) is 0. The smallest absolute Gasteiger partial charge is 0.143 e. The summed E-state index contributed by atoms with van der Waals surface area (Å²) >= 11 is 0. The predicted molar refractivity (Wildman–Crippen MR) is 208 cm³/mol. The van der Waals surface area contributed by atoms with Gasteiger partial charge < -0.3 is 4.42 Å². The van der Waals surface area contributed by atoms with E-state index in [0.717, 1.165) is 65.4 Å². The number of furan rings is 1. The van der Waals surface area contributed by atoms with Gasteiger partial charge in [0.2, 0.25) is 0 Å². The van der Waals surface area contributed by atoms with Crippen molar-refractivity contribution in [2.75, 3.05) is 0 Å². The van der Waals surface area contributed by atoms with Crippen molar-refractivity contribution in [2.24, 2.45) is 0 Å². The molecule has 0 aliphatic carbocycles. The molecule has 0 aliphatic heterocycles. The first-order chi connectivity index (χ1) is 28.0. The Labute approximate surface area is 297 Å². The first-order valence-corrected chi connectivity index (χ1v) is 16.1. The molecular weight excluding hydrogens is 593 g/mol. The Balaban J connectivity index is 1.16. The molecule has 0 amide bonds. The van der Waals surface area contributed by atoms with Gasteiger partial charge in [0.05, 0.1) is 12.3 Å². The van der Waals surface area contributed by atoms with Gasteiger partial charge in [-0.3, -0.25) is 0 Å². The summed E-state index contributed by atoms with van der Waals surface area (Å²) in [6.07, 6.45) is 0. The molecule has 0 radical (unpaired) electrons. The standard InChI is InChI=1S/C48H30O/c1-2-10-31(11-3-1)32-18-20-33(21-19-32)34-22-24-36(25-23-34)46-39-14-6-8-16-41(39)47(42-17-9-7-15-40(42)46)37-27-29-45-44(30-37)43-28-26-35-12-4-5-13-38(35)48(43)49-45/h1-30H/i1D,2D,3D,10D,11D,22D,23D,24D,25D. The molecule has 0 spiro atoms. The molecule has 0 aliphatic rings. The van der Waals surface area contributed by atoms with E-state index in [0.29, 0.717) is 16.7 Å². The first kappa shape index (κ1) is 20.0. The predicted octanol–water partition coefficient (Wildman–Crippen LogP) is 13.7. The van der Waals surface area contributed by atoms with Crippen LogP contribution in [0.5, 0.6) is 0 Å². The highest BCUT2D eigenvalue weighted by Crippen LogP contribution is 2.45. The highest BCUT2D eigenvalue weighted by atomic mass is 16.3. The summed E-state index contributed by atoms with van der Waals surface area (Å²) in [5.74, 6) is 0. The van der Waals surface area contributed by atoms with E-state index in [1.165, 1.54) is 0 Å². The van der Waals surface area contributed by atoms with E-state index in [9.17, 15) is 5.48 Å². The SMILES string of the molecule is [2H]c1c([2H])c([2H])c(-c2ccc(-c3c([2H])c([2H])c(-c4c5ccccc5c(-c5ccc6oc7c8ccccc8ccc7c6c5)c5ccccc45)c([2H])c3[2H])cc2)c([2H])c1[2H]. The second-order valence-electron chi connectivity index (χ2n) is 12.1. The van der Waals surface area contributed by atoms with Crippen LogP contribution in [0.1, 0.15) is 12.3 Å². The second-order valence-corrected chi connectivity index (χ2v) is 12.1. The minimum absolute atomic E-state index is 0.0429. The zero-order valence-electron chi connectivity index (χ0n) is 35.0. The molecule has 228 valence electrons. The van der Waals surface area contributed by atoms with E-state index in [1.54, 1.807) is 24.3 Å². The molecule has 49 heavy (non-hydrogen) atoms. The maximum atomic E-state index is 9.43. The van der Waals surface area contributed by atoms with Crippen LogP contribution in [-0.4, -0.2) is 0 Å². The van der Waals surface area contributed by atoms with Crippen LogP contribution in [0.25, 0.3) is 98.8 Å². The fraction of sp³-hybridized carbons (Fsp3) is 0. The molecule has 1 aromatic heterocycles. The molecule has 10 aromatic rings. The van der Waals surface area contributed by atoms with Gasteiger partial charge >= 0.3 is 0 Å². The van der Waals surface area contributed by atoms with Gasteiger partial charge in [0.25, 0.3) is 0 Å². The molecule has 0 atom stereocenters. The molecule has 0 unspecified atom stereocenters. The Hall–Kier alpha value is -6.44. The zero-order valence-corrected chi connectivity index (χ0v) is 26.0. The summed E-state index contributed by atoms with van der Waals surface area (Å²) in [6, 6.07) is 37.9. The van der Waals surface area contributed by atoms with E-state index in [-0.39, 0.29) is 52.9 Å². The van der Waals surface area contributed by atoms with Crippen molar-refractivity contribution in [3.8, 4) is 44.5 Å². The van der Waals surface area contributed by atoms with Crippen LogP contribution in [0.4, 0.5) is 0 Å². The molecular formula is C48H30O. The molecule has 0 fully saturated rings. The fourth-order valence-corrected chi connectivity index (χ4v) is 7.15. The quantitative estimate of drug-likeness (QED) is 0.176. The first-order valence-electron chi connectivity index (χ1n) is 20.6. The van der Waals surface area contributed by atoms with Crippen molar-refractivity contribution in [1.82, 2.24) is 0 Å². The lowest BCUT2D eigenvalue weighted by molar-refractivity contribution is 0.672. The average molecular weight is 632 g/mol. The van der Waals surface area contributed by atoms with Gasteiger partial charge in [-0.2, -0.15) is 0 Å². The molecule has 0 saturated carbocycles. The third-order valence-corrected chi connectivity index (χ3v) is 9.42. The highest BCUT2D eigenvalue weighted by molar-refractivity contribution is 6.22. The third-order valence-electron chi connectivity index (χ3n) is 9.42. The van der Waals surface area contributed by atoms with Crippen LogP contribution in [0, 0.1) is 0 Å². The largest absolute Gasteiger partial charge is 0.455 e. The Morgan fingerprint density at radius 2 is 0.857 bits per heavy atom. The van der Waals surface area contributed by atoms with E-state index in [4.69, 9.17) is 11.3 Å². The number of hydrogen-bond acceptors (Lipinski definition) is 1. The molecule has 1 heterocycles. The molecule has 0 saturated heterocycles. The van der Waals surface area contributed by atoms with Gasteiger partial charge in [-0.15, -0.1) is 0 Å². The topological polar surface area (TPSA) is 13.1 Å². The van der Waals surface area contributed by atoms with Crippen LogP contribution in [0.3, 0.4) is 0 Å². The van der Waals surface area contributed by atoms with Gasteiger partial charge in [-0.25, -0.2) is 0 Å². The van der Waals surface area contributed by atoms with Crippen molar-refractivity contribution in [3.63, 3.8) is 0 Å².